The SMILES string of the molecule is Cc1ccc(C)c(C(N)CN(C)CC(C)C)c1. The highest BCUT2D eigenvalue weighted by atomic mass is 15.1. The van der Waals surface area contributed by atoms with Gasteiger partial charge in [-0.1, -0.05) is 37.6 Å². The minimum atomic E-state index is 0.110. The summed E-state index contributed by atoms with van der Waals surface area (Å²) in [6.07, 6.45) is 0. The van der Waals surface area contributed by atoms with Gasteiger partial charge in [0, 0.05) is 19.1 Å². The van der Waals surface area contributed by atoms with E-state index in [2.05, 4.69) is 57.8 Å². The molecule has 1 aromatic carbocycles. The van der Waals surface area contributed by atoms with Crippen molar-refractivity contribution in [2.45, 2.75) is 33.7 Å². The average molecular weight is 234 g/mol. The minimum Gasteiger partial charge on any atom is -0.323 e. The Balaban J connectivity index is 2.69. The van der Waals surface area contributed by atoms with Gasteiger partial charge in [0.15, 0.2) is 0 Å². The van der Waals surface area contributed by atoms with Crippen molar-refractivity contribution in [3.63, 3.8) is 0 Å². The van der Waals surface area contributed by atoms with Crippen LogP contribution in [0.5, 0.6) is 0 Å². The highest BCUT2D eigenvalue weighted by Gasteiger charge is 2.12. The summed E-state index contributed by atoms with van der Waals surface area (Å²) in [5.41, 5.74) is 10.2. The number of aryl methyl sites for hydroxylation is 2. The summed E-state index contributed by atoms with van der Waals surface area (Å²) in [4.78, 5) is 2.32. The van der Waals surface area contributed by atoms with Crippen LogP contribution in [0.2, 0.25) is 0 Å². The average Bonchev–Trinajstić information content (AvgIpc) is 2.20. The van der Waals surface area contributed by atoms with Crippen molar-refractivity contribution in [3.05, 3.63) is 34.9 Å². The topological polar surface area (TPSA) is 29.3 Å². The maximum atomic E-state index is 6.30. The number of likely N-dealkylation sites (N-methyl/N-ethyl adjacent to an activating group) is 1. The van der Waals surface area contributed by atoms with Gasteiger partial charge in [0.2, 0.25) is 0 Å². The summed E-state index contributed by atoms with van der Waals surface area (Å²) in [5, 5.41) is 0. The zero-order valence-corrected chi connectivity index (χ0v) is 11.8. The fourth-order valence-electron chi connectivity index (χ4n) is 2.29. The van der Waals surface area contributed by atoms with Crippen LogP contribution in [0.3, 0.4) is 0 Å². The molecule has 2 N–H and O–H groups in total. The van der Waals surface area contributed by atoms with E-state index >= 15 is 0 Å². The normalized spacial score (nSPS) is 13.4. The first-order chi connectivity index (χ1) is 7.90. The van der Waals surface area contributed by atoms with Crippen LogP contribution in [0, 0.1) is 19.8 Å². The summed E-state index contributed by atoms with van der Waals surface area (Å²) >= 11 is 0. The van der Waals surface area contributed by atoms with Crippen molar-refractivity contribution in [1.29, 1.82) is 0 Å². The Morgan fingerprint density at radius 1 is 1.18 bits per heavy atom. The van der Waals surface area contributed by atoms with Crippen molar-refractivity contribution >= 4 is 0 Å². The Morgan fingerprint density at radius 2 is 1.82 bits per heavy atom. The van der Waals surface area contributed by atoms with Crippen molar-refractivity contribution in [1.82, 2.24) is 4.90 Å². The molecule has 1 unspecified atom stereocenters. The van der Waals surface area contributed by atoms with Gasteiger partial charge < -0.3 is 10.6 Å². The van der Waals surface area contributed by atoms with Gasteiger partial charge in [-0.25, -0.2) is 0 Å². The lowest BCUT2D eigenvalue weighted by atomic mass is 9.99. The van der Waals surface area contributed by atoms with E-state index in [0.29, 0.717) is 5.92 Å². The molecule has 0 spiro atoms. The fourth-order valence-corrected chi connectivity index (χ4v) is 2.29. The molecule has 17 heavy (non-hydrogen) atoms. The van der Waals surface area contributed by atoms with Crippen LogP contribution in [0.15, 0.2) is 18.2 Å². The molecule has 2 heteroatoms. The molecular formula is C15H26N2. The zero-order chi connectivity index (χ0) is 13.0. The standard InChI is InChI=1S/C15H26N2/c1-11(2)9-17(5)10-15(16)14-8-12(3)6-7-13(14)4/h6-8,11,15H,9-10,16H2,1-5H3. The van der Waals surface area contributed by atoms with Crippen LogP contribution < -0.4 is 5.73 Å². The van der Waals surface area contributed by atoms with Gasteiger partial charge in [-0.05, 0) is 37.9 Å². The van der Waals surface area contributed by atoms with Gasteiger partial charge >= 0.3 is 0 Å². The number of nitrogens with zero attached hydrogens (tertiary/aromatic N) is 1. The van der Waals surface area contributed by atoms with Gasteiger partial charge in [-0.15, -0.1) is 0 Å². The van der Waals surface area contributed by atoms with E-state index in [-0.39, 0.29) is 6.04 Å². The molecule has 0 bridgehead atoms. The predicted octanol–water partition coefficient (Wildman–Crippen LogP) is 2.89. The van der Waals surface area contributed by atoms with E-state index in [9.17, 15) is 0 Å². The van der Waals surface area contributed by atoms with E-state index in [4.69, 9.17) is 5.73 Å². The molecule has 0 aromatic heterocycles. The maximum Gasteiger partial charge on any atom is 0.0426 e. The van der Waals surface area contributed by atoms with E-state index < -0.39 is 0 Å². The second kappa shape index (κ2) is 6.18. The molecular weight excluding hydrogens is 208 g/mol. The summed E-state index contributed by atoms with van der Waals surface area (Å²) in [6, 6.07) is 6.62. The predicted molar refractivity (Wildman–Crippen MR) is 75.2 cm³/mol. The lowest BCUT2D eigenvalue weighted by Gasteiger charge is -2.24. The van der Waals surface area contributed by atoms with Gasteiger partial charge in [0.1, 0.15) is 0 Å². The van der Waals surface area contributed by atoms with Crippen molar-refractivity contribution < 1.29 is 0 Å². The number of rotatable bonds is 5. The molecule has 0 heterocycles. The third-order valence-corrected chi connectivity index (χ3v) is 3.02. The first-order valence-electron chi connectivity index (χ1n) is 6.41. The molecule has 2 nitrogen and oxygen atoms in total. The Morgan fingerprint density at radius 3 is 2.41 bits per heavy atom. The molecule has 0 saturated heterocycles. The van der Waals surface area contributed by atoms with E-state index in [1.165, 1.54) is 16.7 Å². The molecule has 0 aliphatic rings. The number of hydrogen-bond acceptors (Lipinski definition) is 2. The van der Waals surface area contributed by atoms with Crippen LogP contribution >= 0.6 is 0 Å². The zero-order valence-electron chi connectivity index (χ0n) is 11.8. The number of nitrogens with two attached hydrogens (primary N) is 1. The van der Waals surface area contributed by atoms with Gasteiger partial charge in [-0.2, -0.15) is 0 Å². The maximum absolute atomic E-state index is 6.30. The smallest absolute Gasteiger partial charge is 0.0426 e. The van der Waals surface area contributed by atoms with Crippen LogP contribution in [-0.4, -0.2) is 25.0 Å². The fraction of sp³-hybridized carbons (Fsp3) is 0.600. The van der Waals surface area contributed by atoms with Crippen LogP contribution in [0.25, 0.3) is 0 Å². The Bertz CT molecular complexity index is 358. The highest BCUT2D eigenvalue weighted by Crippen LogP contribution is 2.18. The second-order valence-corrected chi connectivity index (χ2v) is 5.58. The largest absolute Gasteiger partial charge is 0.323 e. The quantitative estimate of drug-likeness (QED) is 0.849. The number of benzene rings is 1. The first kappa shape index (κ1) is 14.2. The van der Waals surface area contributed by atoms with Gasteiger partial charge in [0.05, 0.1) is 0 Å². The van der Waals surface area contributed by atoms with E-state index in [1.54, 1.807) is 0 Å². The molecule has 0 saturated carbocycles. The van der Waals surface area contributed by atoms with Crippen molar-refractivity contribution in [2.75, 3.05) is 20.1 Å². The van der Waals surface area contributed by atoms with Crippen molar-refractivity contribution in [3.8, 4) is 0 Å². The molecule has 1 aromatic rings. The Kier molecular flexibility index (Phi) is 5.16. The number of hydrogen-bond donors (Lipinski definition) is 1. The lowest BCUT2D eigenvalue weighted by Crippen LogP contribution is -2.32. The van der Waals surface area contributed by atoms with E-state index in [0.717, 1.165) is 13.1 Å². The minimum absolute atomic E-state index is 0.110. The Hall–Kier alpha value is -0.860. The summed E-state index contributed by atoms with van der Waals surface area (Å²) < 4.78 is 0. The molecule has 0 aliphatic carbocycles. The van der Waals surface area contributed by atoms with Gasteiger partial charge in [-0.3, -0.25) is 0 Å². The molecule has 0 amide bonds. The van der Waals surface area contributed by atoms with Crippen LogP contribution in [-0.2, 0) is 0 Å². The first-order valence-corrected chi connectivity index (χ1v) is 6.41. The lowest BCUT2D eigenvalue weighted by molar-refractivity contribution is 0.279. The van der Waals surface area contributed by atoms with Gasteiger partial charge in [0.25, 0.3) is 0 Å². The Labute approximate surface area is 106 Å². The molecule has 1 atom stereocenters. The molecule has 0 fully saturated rings. The monoisotopic (exact) mass is 234 g/mol. The summed E-state index contributed by atoms with van der Waals surface area (Å²) in [7, 11) is 2.14. The molecule has 0 aliphatic heterocycles. The van der Waals surface area contributed by atoms with E-state index in [1.807, 2.05) is 0 Å². The highest BCUT2D eigenvalue weighted by molar-refractivity contribution is 5.32. The van der Waals surface area contributed by atoms with Crippen molar-refractivity contribution in [2.24, 2.45) is 11.7 Å². The summed E-state index contributed by atoms with van der Waals surface area (Å²) in [6.45, 7) is 10.7. The summed E-state index contributed by atoms with van der Waals surface area (Å²) in [5.74, 6) is 0.686. The third-order valence-electron chi connectivity index (χ3n) is 3.02. The molecule has 96 valence electrons. The van der Waals surface area contributed by atoms with Crippen LogP contribution in [0.1, 0.15) is 36.6 Å². The second-order valence-electron chi connectivity index (χ2n) is 5.58. The third kappa shape index (κ3) is 4.49. The molecule has 0 radical (unpaired) electrons. The molecule has 1 rings (SSSR count). The van der Waals surface area contributed by atoms with Crippen LogP contribution in [0.4, 0.5) is 0 Å².